The van der Waals surface area contributed by atoms with Gasteiger partial charge < -0.3 is 11.1 Å². The molecule has 0 spiro atoms. The number of hydrogen-bond acceptors (Lipinski definition) is 4. The number of carbonyl (C=O) groups excluding carboxylic acids is 2. The van der Waals surface area contributed by atoms with E-state index in [4.69, 9.17) is 5.73 Å². The first-order chi connectivity index (χ1) is 6.11. The molecule has 6 heteroatoms. The Bertz CT molecular complexity index is 310. The van der Waals surface area contributed by atoms with E-state index in [2.05, 4.69) is 10.3 Å². The maximum absolute atomic E-state index is 11.3. The molecule has 3 N–H and O–H groups in total. The number of amides is 2. The molecular weight excluding hydrogens is 190 g/mol. The van der Waals surface area contributed by atoms with E-state index in [0.717, 1.165) is 0 Å². The lowest BCUT2D eigenvalue weighted by atomic mass is 10.3. The van der Waals surface area contributed by atoms with Crippen LogP contribution in [0.25, 0.3) is 0 Å². The van der Waals surface area contributed by atoms with E-state index in [1.165, 1.54) is 24.5 Å². The standard InChI is InChI=1S/C7H9N3O2S/c1-4(6(8)11)10-7(12)5-2-9-3-13-5/h2-4H,1H3,(H2,8,11)(H,10,12)/t4-/m0/s1. The highest BCUT2D eigenvalue weighted by Crippen LogP contribution is 2.04. The van der Waals surface area contributed by atoms with Crippen molar-refractivity contribution in [3.05, 3.63) is 16.6 Å². The van der Waals surface area contributed by atoms with Crippen LogP contribution in [0.4, 0.5) is 0 Å². The lowest BCUT2D eigenvalue weighted by molar-refractivity contribution is -0.119. The molecule has 2 amide bonds. The highest BCUT2D eigenvalue weighted by Gasteiger charge is 2.14. The predicted octanol–water partition coefficient (Wildman–Crippen LogP) is -0.253. The lowest BCUT2D eigenvalue weighted by Crippen LogP contribution is -2.41. The van der Waals surface area contributed by atoms with Gasteiger partial charge in [-0.3, -0.25) is 14.6 Å². The van der Waals surface area contributed by atoms with Crippen LogP contribution in [-0.2, 0) is 4.79 Å². The first-order valence-electron chi connectivity index (χ1n) is 3.60. The smallest absolute Gasteiger partial charge is 0.263 e. The topological polar surface area (TPSA) is 85.1 Å². The van der Waals surface area contributed by atoms with E-state index in [-0.39, 0.29) is 5.91 Å². The summed E-state index contributed by atoms with van der Waals surface area (Å²) < 4.78 is 0. The van der Waals surface area contributed by atoms with E-state index in [1.807, 2.05) is 0 Å². The molecule has 0 unspecified atom stereocenters. The van der Waals surface area contributed by atoms with Crippen LogP contribution in [0.2, 0.25) is 0 Å². The average molecular weight is 199 g/mol. The molecular formula is C7H9N3O2S. The zero-order valence-corrected chi connectivity index (χ0v) is 7.80. The first-order valence-corrected chi connectivity index (χ1v) is 4.48. The highest BCUT2D eigenvalue weighted by molar-refractivity contribution is 7.11. The Morgan fingerprint density at radius 1 is 1.69 bits per heavy atom. The van der Waals surface area contributed by atoms with Gasteiger partial charge in [-0.15, -0.1) is 11.3 Å². The molecule has 70 valence electrons. The van der Waals surface area contributed by atoms with Crippen LogP contribution in [0.5, 0.6) is 0 Å². The number of nitrogens with one attached hydrogen (secondary N) is 1. The van der Waals surface area contributed by atoms with Gasteiger partial charge in [-0.25, -0.2) is 0 Å². The molecule has 1 rings (SSSR count). The van der Waals surface area contributed by atoms with Crippen molar-refractivity contribution in [3.63, 3.8) is 0 Å². The van der Waals surface area contributed by atoms with E-state index >= 15 is 0 Å². The van der Waals surface area contributed by atoms with Gasteiger partial charge in [0.25, 0.3) is 5.91 Å². The van der Waals surface area contributed by atoms with Gasteiger partial charge in [0.1, 0.15) is 10.9 Å². The zero-order valence-electron chi connectivity index (χ0n) is 6.98. The Hall–Kier alpha value is -1.43. The van der Waals surface area contributed by atoms with Gasteiger partial charge in [-0.2, -0.15) is 0 Å². The van der Waals surface area contributed by atoms with Crippen LogP contribution in [0.3, 0.4) is 0 Å². The van der Waals surface area contributed by atoms with E-state index in [9.17, 15) is 9.59 Å². The number of carbonyl (C=O) groups is 2. The molecule has 1 heterocycles. The van der Waals surface area contributed by atoms with Crippen molar-refractivity contribution >= 4 is 23.2 Å². The highest BCUT2D eigenvalue weighted by atomic mass is 32.1. The molecule has 0 aliphatic carbocycles. The maximum Gasteiger partial charge on any atom is 0.263 e. The number of aromatic nitrogens is 1. The zero-order chi connectivity index (χ0) is 9.84. The van der Waals surface area contributed by atoms with Crippen molar-refractivity contribution in [2.24, 2.45) is 5.73 Å². The Labute approximate surface area is 79.0 Å². The Morgan fingerprint density at radius 2 is 2.38 bits per heavy atom. The lowest BCUT2D eigenvalue weighted by Gasteiger charge is -2.07. The second kappa shape index (κ2) is 3.99. The van der Waals surface area contributed by atoms with E-state index in [0.29, 0.717) is 4.88 Å². The monoisotopic (exact) mass is 199 g/mol. The van der Waals surface area contributed by atoms with Crippen molar-refractivity contribution in [2.45, 2.75) is 13.0 Å². The van der Waals surface area contributed by atoms with Crippen LogP contribution in [0, 0.1) is 0 Å². The fourth-order valence-corrected chi connectivity index (χ4v) is 1.19. The fourth-order valence-electron chi connectivity index (χ4n) is 0.667. The van der Waals surface area contributed by atoms with E-state index < -0.39 is 11.9 Å². The number of primary amides is 1. The third-order valence-corrected chi connectivity index (χ3v) is 2.20. The molecule has 1 aromatic heterocycles. The molecule has 1 atom stereocenters. The van der Waals surface area contributed by atoms with Crippen LogP contribution in [0.1, 0.15) is 16.6 Å². The summed E-state index contributed by atoms with van der Waals surface area (Å²) in [5, 5.41) is 2.44. The quantitative estimate of drug-likeness (QED) is 0.703. The minimum atomic E-state index is -0.658. The number of rotatable bonds is 3. The molecule has 0 fully saturated rings. The largest absolute Gasteiger partial charge is 0.368 e. The van der Waals surface area contributed by atoms with Gasteiger partial charge in [0.2, 0.25) is 5.91 Å². The van der Waals surface area contributed by atoms with Gasteiger partial charge in [-0.1, -0.05) is 0 Å². The van der Waals surface area contributed by atoms with Crippen LogP contribution < -0.4 is 11.1 Å². The van der Waals surface area contributed by atoms with Crippen molar-refractivity contribution in [2.75, 3.05) is 0 Å². The summed E-state index contributed by atoms with van der Waals surface area (Å²) in [5.41, 5.74) is 6.52. The van der Waals surface area contributed by atoms with Gasteiger partial charge in [0.15, 0.2) is 0 Å². The molecule has 0 aliphatic rings. The number of thiazole rings is 1. The summed E-state index contributed by atoms with van der Waals surface area (Å²) in [6, 6.07) is -0.658. The molecule has 13 heavy (non-hydrogen) atoms. The van der Waals surface area contributed by atoms with Crippen molar-refractivity contribution in [1.82, 2.24) is 10.3 Å². The molecule has 0 aromatic carbocycles. The molecule has 0 bridgehead atoms. The Morgan fingerprint density at radius 3 is 2.85 bits per heavy atom. The number of hydrogen-bond donors (Lipinski definition) is 2. The van der Waals surface area contributed by atoms with Crippen LogP contribution in [-0.4, -0.2) is 22.8 Å². The predicted molar refractivity (Wildman–Crippen MR) is 48.2 cm³/mol. The summed E-state index contributed by atoms with van der Waals surface area (Å²) in [6.45, 7) is 1.53. The SMILES string of the molecule is C[C@H](NC(=O)c1cncs1)C(N)=O. The summed E-state index contributed by atoms with van der Waals surface area (Å²) in [6.07, 6.45) is 1.44. The summed E-state index contributed by atoms with van der Waals surface area (Å²) >= 11 is 1.21. The first kappa shape index (κ1) is 9.66. The van der Waals surface area contributed by atoms with Gasteiger partial charge in [0, 0.05) is 0 Å². The third-order valence-electron chi connectivity index (χ3n) is 1.43. The molecule has 0 radical (unpaired) electrons. The van der Waals surface area contributed by atoms with Crippen molar-refractivity contribution in [1.29, 1.82) is 0 Å². The van der Waals surface area contributed by atoms with Gasteiger partial charge in [0.05, 0.1) is 11.7 Å². The summed E-state index contributed by atoms with van der Waals surface area (Å²) in [7, 11) is 0. The summed E-state index contributed by atoms with van der Waals surface area (Å²) in [5.74, 6) is -0.883. The minimum absolute atomic E-state index is 0.325. The Balaban J connectivity index is 2.56. The molecule has 0 aliphatic heterocycles. The van der Waals surface area contributed by atoms with Crippen LogP contribution in [0.15, 0.2) is 11.7 Å². The average Bonchev–Trinajstić information content (AvgIpc) is 2.55. The second-order valence-electron chi connectivity index (χ2n) is 2.46. The maximum atomic E-state index is 11.3. The molecule has 0 saturated carbocycles. The third kappa shape index (κ3) is 2.51. The molecule has 1 aromatic rings. The number of nitrogens with zero attached hydrogens (tertiary/aromatic N) is 1. The van der Waals surface area contributed by atoms with Gasteiger partial charge in [-0.05, 0) is 6.92 Å². The van der Waals surface area contributed by atoms with Crippen LogP contribution >= 0.6 is 11.3 Å². The minimum Gasteiger partial charge on any atom is -0.368 e. The fraction of sp³-hybridized carbons (Fsp3) is 0.286. The van der Waals surface area contributed by atoms with Gasteiger partial charge >= 0.3 is 0 Å². The summed E-state index contributed by atoms with van der Waals surface area (Å²) in [4.78, 5) is 26.1. The molecule has 5 nitrogen and oxygen atoms in total. The second-order valence-corrected chi connectivity index (χ2v) is 3.35. The van der Waals surface area contributed by atoms with E-state index in [1.54, 1.807) is 5.51 Å². The van der Waals surface area contributed by atoms with Crippen molar-refractivity contribution in [3.8, 4) is 0 Å². The van der Waals surface area contributed by atoms with Crippen molar-refractivity contribution < 1.29 is 9.59 Å². The normalized spacial score (nSPS) is 12.1. The Kier molecular flexibility index (Phi) is 2.97. The number of nitrogens with two attached hydrogens (primary N) is 1. The molecule has 0 saturated heterocycles.